The SMILES string of the molecule is CCCCCCCCCCCCCCC(=O)O[C@H](COC(=O)CCCCCCCCC)COP(=O)(O)OC[C@H](O)COP(=O)(O)OC[C@@H](COC(=O)CCCCCCCCCCCCC)OC(=O)CCCCCCCCCC. The smallest absolute Gasteiger partial charge is 0.462 e. The van der Waals surface area contributed by atoms with E-state index in [1.54, 1.807) is 0 Å². The standard InChI is InChI=1S/C59H114O17P2/c1-5-9-13-17-21-24-26-28-30-34-38-42-46-59(64)76-54(49-69-56(61)43-39-35-31-20-16-12-8-4)51-73-77(65,66)71-47-53(60)48-72-78(67,68)74-52-55(75-58(63)45-41-37-32-23-19-15-11-7-3)50-70-57(62)44-40-36-33-29-27-25-22-18-14-10-6-2/h53-55,60H,5-52H2,1-4H3,(H,65,66)(H,67,68)/t53-,54+,55+/m0/s1. The van der Waals surface area contributed by atoms with Gasteiger partial charge in [-0.2, -0.15) is 0 Å². The molecule has 17 nitrogen and oxygen atoms in total. The zero-order chi connectivity index (χ0) is 57.6. The number of esters is 4. The monoisotopic (exact) mass is 1160 g/mol. The van der Waals surface area contributed by atoms with Crippen molar-refractivity contribution in [1.29, 1.82) is 0 Å². The van der Waals surface area contributed by atoms with Crippen LogP contribution in [0.3, 0.4) is 0 Å². The van der Waals surface area contributed by atoms with Gasteiger partial charge >= 0.3 is 39.5 Å². The van der Waals surface area contributed by atoms with Gasteiger partial charge in [0.15, 0.2) is 12.2 Å². The van der Waals surface area contributed by atoms with E-state index in [2.05, 4.69) is 27.7 Å². The van der Waals surface area contributed by atoms with Crippen LogP contribution in [-0.4, -0.2) is 96.7 Å². The molecule has 0 aliphatic rings. The highest BCUT2D eigenvalue weighted by atomic mass is 31.2. The van der Waals surface area contributed by atoms with Gasteiger partial charge in [0.1, 0.15) is 19.3 Å². The number of phosphoric acid groups is 2. The fourth-order valence-electron chi connectivity index (χ4n) is 8.75. The largest absolute Gasteiger partial charge is 0.472 e. The summed E-state index contributed by atoms with van der Waals surface area (Å²) in [5.41, 5.74) is 0. The van der Waals surface area contributed by atoms with Crippen LogP contribution in [-0.2, 0) is 65.4 Å². The second-order valence-electron chi connectivity index (χ2n) is 21.4. The zero-order valence-corrected chi connectivity index (χ0v) is 51.4. The Bertz CT molecular complexity index is 1490. The van der Waals surface area contributed by atoms with Gasteiger partial charge in [-0.3, -0.25) is 37.3 Å². The van der Waals surface area contributed by atoms with Gasteiger partial charge < -0.3 is 33.8 Å². The van der Waals surface area contributed by atoms with Gasteiger partial charge in [0.25, 0.3) is 0 Å². The van der Waals surface area contributed by atoms with Crippen LogP contribution in [0, 0.1) is 0 Å². The van der Waals surface area contributed by atoms with Crippen LogP contribution in [0.25, 0.3) is 0 Å². The summed E-state index contributed by atoms with van der Waals surface area (Å²) in [6.07, 6.45) is 37.6. The molecule has 0 bridgehead atoms. The minimum absolute atomic E-state index is 0.105. The quantitative estimate of drug-likeness (QED) is 0.0222. The first-order chi connectivity index (χ1) is 37.7. The molecular weight excluding hydrogens is 1040 g/mol. The third kappa shape index (κ3) is 53.4. The number of ether oxygens (including phenoxy) is 4. The Morgan fingerprint density at radius 3 is 0.756 bits per heavy atom. The molecule has 78 heavy (non-hydrogen) atoms. The average molecular weight is 1160 g/mol. The normalized spacial score (nSPS) is 14.3. The van der Waals surface area contributed by atoms with Crippen molar-refractivity contribution in [1.82, 2.24) is 0 Å². The van der Waals surface area contributed by atoms with Crippen LogP contribution in [0.4, 0.5) is 0 Å². The van der Waals surface area contributed by atoms with E-state index in [1.807, 2.05) is 0 Å². The van der Waals surface area contributed by atoms with E-state index < -0.39 is 97.5 Å². The van der Waals surface area contributed by atoms with Gasteiger partial charge in [-0.15, -0.1) is 0 Å². The fourth-order valence-corrected chi connectivity index (χ4v) is 10.3. The second kappa shape index (κ2) is 54.3. The van der Waals surface area contributed by atoms with Crippen molar-refractivity contribution >= 4 is 39.5 Å². The molecular formula is C59H114O17P2. The Morgan fingerprint density at radius 1 is 0.308 bits per heavy atom. The highest BCUT2D eigenvalue weighted by Gasteiger charge is 2.30. The Hall–Kier alpha value is -1.94. The summed E-state index contributed by atoms with van der Waals surface area (Å²) in [4.78, 5) is 71.8. The van der Waals surface area contributed by atoms with Crippen LogP contribution in [0.5, 0.6) is 0 Å². The van der Waals surface area contributed by atoms with E-state index in [4.69, 9.17) is 37.0 Å². The van der Waals surface area contributed by atoms with Crippen molar-refractivity contribution in [3.63, 3.8) is 0 Å². The lowest BCUT2D eigenvalue weighted by Gasteiger charge is -2.21. The van der Waals surface area contributed by atoms with Gasteiger partial charge in [-0.1, -0.05) is 246 Å². The molecule has 0 saturated carbocycles. The molecule has 3 N–H and O–H groups in total. The Balaban J connectivity index is 5.18. The molecule has 0 fully saturated rings. The van der Waals surface area contributed by atoms with Crippen LogP contribution in [0.15, 0.2) is 0 Å². The van der Waals surface area contributed by atoms with Gasteiger partial charge in [0.05, 0.1) is 26.4 Å². The molecule has 0 heterocycles. The summed E-state index contributed by atoms with van der Waals surface area (Å²) in [6, 6.07) is 0. The van der Waals surface area contributed by atoms with E-state index in [-0.39, 0.29) is 25.7 Å². The minimum atomic E-state index is -4.93. The van der Waals surface area contributed by atoms with E-state index >= 15 is 0 Å². The number of rotatable bonds is 60. The lowest BCUT2D eigenvalue weighted by atomic mass is 10.0. The topological polar surface area (TPSA) is 237 Å². The molecule has 0 spiro atoms. The minimum Gasteiger partial charge on any atom is -0.462 e. The maximum Gasteiger partial charge on any atom is 0.472 e. The summed E-state index contributed by atoms with van der Waals surface area (Å²) in [7, 11) is -9.87. The molecule has 0 saturated heterocycles. The highest BCUT2D eigenvalue weighted by Crippen LogP contribution is 2.45. The summed E-state index contributed by atoms with van der Waals surface area (Å²) in [6.45, 7) is 4.79. The van der Waals surface area contributed by atoms with E-state index in [0.29, 0.717) is 25.7 Å². The third-order valence-electron chi connectivity index (χ3n) is 13.6. The van der Waals surface area contributed by atoms with E-state index in [9.17, 15) is 43.2 Å². The van der Waals surface area contributed by atoms with Crippen molar-refractivity contribution in [2.45, 2.75) is 316 Å². The van der Waals surface area contributed by atoms with Gasteiger partial charge in [-0.05, 0) is 25.7 Å². The number of aliphatic hydroxyl groups is 1. The molecule has 5 atom stereocenters. The van der Waals surface area contributed by atoms with Crippen molar-refractivity contribution in [3.8, 4) is 0 Å². The highest BCUT2D eigenvalue weighted by molar-refractivity contribution is 7.47. The molecule has 0 aliphatic heterocycles. The van der Waals surface area contributed by atoms with Gasteiger partial charge in [-0.25, -0.2) is 9.13 Å². The molecule has 0 radical (unpaired) electrons. The molecule has 0 aromatic rings. The van der Waals surface area contributed by atoms with Gasteiger partial charge in [0, 0.05) is 25.7 Å². The number of hydrogen-bond acceptors (Lipinski definition) is 15. The predicted molar refractivity (Wildman–Crippen MR) is 308 cm³/mol. The zero-order valence-electron chi connectivity index (χ0n) is 49.6. The predicted octanol–water partition coefficient (Wildman–Crippen LogP) is 16.0. The fraction of sp³-hybridized carbons (Fsp3) is 0.932. The lowest BCUT2D eigenvalue weighted by Crippen LogP contribution is -2.30. The average Bonchev–Trinajstić information content (AvgIpc) is 3.41. The Kier molecular flexibility index (Phi) is 53.0. The number of aliphatic hydroxyl groups excluding tert-OH is 1. The number of carbonyl (C=O) groups excluding carboxylic acids is 4. The molecule has 462 valence electrons. The van der Waals surface area contributed by atoms with Crippen molar-refractivity contribution < 1.29 is 80.2 Å². The maximum absolute atomic E-state index is 12.9. The number of carbonyl (C=O) groups is 4. The number of unbranched alkanes of at least 4 members (excludes halogenated alkanes) is 34. The number of hydrogen-bond donors (Lipinski definition) is 3. The molecule has 0 aromatic carbocycles. The second-order valence-corrected chi connectivity index (χ2v) is 24.3. The number of phosphoric ester groups is 2. The first-order valence-electron chi connectivity index (χ1n) is 31.3. The first kappa shape index (κ1) is 76.1. The maximum atomic E-state index is 12.9. The van der Waals surface area contributed by atoms with Crippen molar-refractivity contribution in [3.05, 3.63) is 0 Å². The van der Waals surface area contributed by atoms with E-state index in [0.717, 1.165) is 109 Å². The molecule has 2 unspecified atom stereocenters. The first-order valence-corrected chi connectivity index (χ1v) is 34.3. The van der Waals surface area contributed by atoms with Gasteiger partial charge in [0.2, 0.25) is 0 Å². The van der Waals surface area contributed by atoms with Crippen LogP contribution in [0.2, 0.25) is 0 Å². The third-order valence-corrected chi connectivity index (χ3v) is 15.5. The molecule has 0 amide bonds. The van der Waals surface area contributed by atoms with Crippen molar-refractivity contribution in [2.24, 2.45) is 0 Å². The Labute approximate surface area is 473 Å². The summed E-state index contributed by atoms with van der Waals surface area (Å²) >= 11 is 0. The van der Waals surface area contributed by atoms with Crippen LogP contribution < -0.4 is 0 Å². The molecule has 19 heteroatoms. The molecule has 0 rings (SSSR count). The summed E-state index contributed by atoms with van der Waals surface area (Å²) in [5.74, 6) is -2.14. The molecule has 0 aliphatic carbocycles. The molecule has 0 aromatic heterocycles. The summed E-state index contributed by atoms with van der Waals surface area (Å²) in [5, 5.41) is 10.5. The Morgan fingerprint density at radius 2 is 0.513 bits per heavy atom. The van der Waals surface area contributed by atoms with E-state index in [1.165, 1.54) is 109 Å². The van der Waals surface area contributed by atoms with Crippen LogP contribution in [0.1, 0.15) is 297 Å². The summed E-state index contributed by atoms with van der Waals surface area (Å²) < 4.78 is 67.6. The van der Waals surface area contributed by atoms with Crippen molar-refractivity contribution in [2.75, 3.05) is 39.6 Å². The lowest BCUT2D eigenvalue weighted by molar-refractivity contribution is -0.161. The van der Waals surface area contributed by atoms with Crippen LogP contribution >= 0.6 is 15.6 Å².